The van der Waals surface area contributed by atoms with Crippen LogP contribution in [0.1, 0.15) is 32.3 Å². The van der Waals surface area contributed by atoms with Gasteiger partial charge in [0.15, 0.2) is 0 Å². The molecule has 0 bridgehead atoms. The summed E-state index contributed by atoms with van der Waals surface area (Å²) in [4.78, 5) is 4.30. The zero-order valence-electron chi connectivity index (χ0n) is 8.96. The van der Waals surface area contributed by atoms with Gasteiger partial charge in [0.25, 0.3) is 0 Å². The van der Waals surface area contributed by atoms with Crippen molar-refractivity contribution in [2.75, 3.05) is 5.32 Å². The molecular formula is C12H16N2. The van der Waals surface area contributed by atoms with Crippen LogP contribution in [0.2, 0.25) is 0 Å². The number of pyridine rings is 1. The van der Waals surface area contributed by atoms with E-state index in [0.717, 1.165) is 11.5 Å². The van der Waals surface area contributed by atoms with Crippen molar-refractivity contribution in [3.05, 3.63) is 36.2 Å². The standard InChI is InChI=1S/C12H16N2/c1-8-10(12(2,3)4)9-6-5-7-13-11(9)14-8/h5-7,10H,1H2,2-4H3,(H,13,14). The third kappa shape index (κ3) is 1.31. The van der Waals surface area contributed by atoms with Gasteiger partial charge in [-0.2, -0.15) is 0 Å². The topological polar surface area (TPSA) is 24.9 Å². The molecule has 0 saturated carbocycles. The van der Waals surface area contributed by atoms with Gasteiger partial charge in [0.1, 0.15) is 5.82 Å². The molecule has 2 heteroatoms. The van der Waals surface area contributed by atoms with Gasteiger partial charge >= 0.3 is 0 Å². The third-order valence-electron chi connectivity index (χ3n) is 2.64. The Kier molecular flexibility index (Phi) is 1.88. The highest BCUT2D eigenvalue weighted by molar-refractivity contribution is 5.60. The van der Waals surface area contributed by atoms with Crippen molar-refractivity contribution in [2.45, 2.75) is 26.7 Å². The summed E-state index contributed by atoms with van der Waals surface area (Å²) in [6.07, 6.45) is 1.81. The minimum absolute atomic E-state index is 0.193. The Balaban J connectivity index is 2.50. The second-order valence-corrected chi connectivity index (χ2v) is 4.89. The van der Waals surface area contributed by atoms with E-state index in [1.54, 1.807) is 0 Å². The molecule has 0 aliphatic carbocycles. The van der Waals surface area contributed by atoms with Gasteiger partial charge in [-0.3, -0.25) is 0 Å². The highest BCUT2D eigenvalue weighted by atomic mass is 15.0. The van der Waals surface area contributed by atoms with Crippen LogP contribution in [-0.2, 0) is 0 Å². The molecule has 14 heavy (non-hydrogen) atoms. The number of aromatic nitrogens is 1. The van der Waals surface area contributed by atoms with E-state index in [-0.39, 0.29) is 5.41 Å². The van der Waals surface area contributed by atoms with E-state index in [1.807, 2.05) is 12.3 Å². The van der Waals surface area contributed by atoms with Gasteiger partial charge in [0.2, 0.25) is 0 Å². The summed E-state index contributed by atoms with van der Waals surface area (Å²) in [6, 6.07) is 4.11. The van der Waals surface area contributed by atoms with Crippen molar-refractivity contribution in [3.8, 4) is 0 Å². The molecule has 1 atom stereocenters. The maximum Gasteiger partial charge on any atom is 0.133 e. The van der Waals surface area contributed by atoms with E-state index in [1.165, 1.54) is 5.56 Å². The summed E-state index contributed by atoms with van der Waals surface area (Å²) in [5.41, 5.74) is 2.52. The van der Waals surface area contributed by atoms with E-state index in [4.69, 9.17) is 0 Å². The van der Waals surface area contributed by atoms with Crippen LogP contribution in [0.15, 0.2) is 30.6 Å². The quantitative estimate of drug-likeness (QED) is 0.676. The smallest absolute Gasteiger partial charge is 0.133 e. The molecule has 0 amide bonds. The highest BCUT2D eigenvalue weighted by Gasteiger charge is 2.35. The molecule has 2 heterocycles. The SMILES string of the molecule is C=C1Nc2ncccc2C1C(C)(C)C. The van der Waals surface area contributed by atoms with Crippen molar-refractivity contribution < 1.29 is 0 Å². The van der Waals surface area contributed by atoms with Crippen LogP contribution in [0.4, 0.5) is 5.82 Å². The van der Waals surface area contributed by atoms with Gasteiger partial charge in [0, 0.05) is 23.4 Å². The van der Waals surface area contributed by atoms with Crippen molar-refractivity contribution in [2.24, 2.45) is 5.41 Å². The fourth-order valence-electron chi connectivity index (χ4n) is 2.16. The van der Waals surface area contributed by atoms with Gasteiger partial charge in [-0.25, -0.2) is 4.98 Å². The number of fused-ring (bicyclic) bond motifs is 1. The lowest BCUT2D eigenvalue weighted by Gasteiger charge is -2.27. The Hall–Kier alpha value is -1.31. The number of anilines is 1. The zero-order chi connectivity index (χ0) is 10.3. The van der Waals surface area contributed by atoms with Gasteiger partial charge in [-0.1, -0.05) is 33.4 Å². The minimum Gasteiger partial charge on any atom is -0.343 e. The number of rotatable bonds is 0. The van der Waals surface area contributed by atoms with Crippen molar-refractivity contribution in [1.29, 1.82) is 0 Å². The molecule has 2 rings (SSSR count). The van der Waals surface area contributed by atoms with Crippen molar-refractivity contribution in [3.63, 3.8) is 0 Å². The fraction of sp³-hybridized carbons (Fsp3) is 0.417. The third-order valence-corrected chi connectivity index (χ3v) is 2.64. The lowest BCUT2D eigenvalue weighted by molar-refractivity contribution is 0.362. The number of nitrogens with zero attached hydrogens (tertiary/aromatic N) is 1. The maximum absolute atomic E-state index is 4.30. The molecule has 0 aromatic carbocycles. The maximum atomic E-state index is 4.30. The molecule has 1 aromatic rings. The van der Waals surface area contributed by atoms with E-state index >= 15 is 0 Å². The molecule has 1 aliphatic rings. The number of hydrogen-bond acceptors (Lipinski definition) is 2. The van der Waals surface area contributed by atoms with Gasteiger partial charge in [-0.05, 0) is 11.5 Å². The molecule has 0 saturated heterocycles. The molecule has 1 unspecified atom stereocenters. The average Bonchev–Trinajstić information content (AvgIpc) is 2.38. The molecule has 2 nitrogen and oxygen atoms in total. The van der Waals surface area contributed by atoms with Crippen LogP contribution in [0.3, 0.4) is 0 Å². The Morgan fingerprint density at radius 1 is 1.43 bits per heavy atom. The summed E-state index contributed by atoms with van der Waals surface area (Å²) in [5.74, 6) is 1.34. The van der Waals surface area contributed by atoms with E-state index in [9.17, 15) is 0 Å². The second-order valence-electron chi connectivity index (χ2n) is 4.89. The highest BCUT2D eigenvalue weighted by Crippen LogP contribution is 2.46. The summed E-state index contributed by atoms with van der Waals surface area (Å²) in [6.45, 7) is 10.8. The van der Waals surface area contributed by atoms with E-state index < -0.39 is 0 Å². The summed E-state index contributed by atoms with van der Waals surface area (Å²) >= 11 is 0. The fourth-order valence-corrected chi connectivity index (χ4v) is 2.16. The minimum atomic E-state index is 0.193. The predicted molar refractivity (Wildman–Crippen MR) is 59.2 cm³/mol. The van der Waals surface area contributed by atoms with Crippen LogP contribution in [-0.4, -0.2) is 4.98 Å². The largest absolute Gasteiger partial charge is 0.343 e. The normalized spacial score (nSPS) is 20.5. The van der Waals surface area contributed by atoms with Crippen molar-refractivity contribution >= 4 is 5.82 Å². The first kappa shape index (κ1) is 9.25. The predicted octanol–water partition coefficient (Wildman–Crippen LogP) is 3.15. The molecular weight excluding hydrogens is 172 g/mol. The summed E-state index contributed by atoms with van der Waals surface area (Å²) < 4.78 is 0. The molecule has 0 spiro atoms. The van der Waals surface area contributed by atoms with Gasteiger partial charge in [-0.15, -0.1) is 0 Å². The molecule has 1 aromatic heterocycles. The molecule has 1 N–H and O–H groups in total. The molecule has 0 radical (unpaired) electrons. The van der Waals surface area contributed by atoms with Gasteiger partial charge < -0.3 is 5.32 Å². The van der Waals surface area contributed by atoms with Crippen LogP contribution >= 0.6 is 0 Å². The van der Waals surface area contributed by atoms with Gasteiger partial charge in [0.05, 0.1) is 0 Å². The molecule has 74 valence electrons. The van der Waals surface area contributed by atoms with Crippen LogP contribution in [0.5, 0.6) is 0 Å². The lowest BCUT2D eigenvalue weighted by Crippen LogP contribution is -2.18. The lowest BCUT2D eigenvalue weighted by atomic mass is 9.77. The molecule has 0 fully saturated rings. The average molecular weight is 188 g/mol. The first-order valence-corrected chi connectivity index (χ1v) is 4.91. The zero-order valence-corrected chi connectivity index (χ0v) is 8.96. The Morgan fingerprint density at radius 3 is 2.79 bits per heavy atom. The van der Waals surface area contributed by atoms with Crippen LogP contribution < -0.4 is 5.32 Å². The Morgan fingerprint density at radius 2 is 2.14 bits per heavy atom. The number of hydrogen-bond donors (Lipinski definition) is 1. The number of allylic oxidation sites excluding steroid dienone is 1. The second kappa shape index (κ2) is 2.84. The summed E-state index contributed by atoms with van der Waals surface area (Å²) in [7, 11) is 0. The first-order valence-electron chi connectivity index (χ1n) is 4.91. The monoisotopic (exact) mass is 188 g/mol. The van der Waals surface area contributed by atoms with Crippen LogP contribution in [0.25, 0.3) is 0 Å². The number of nitrogens with one attached hydrogen (secondary N) is 1. The molecule has 1 aliphatic heterocycles. The Labute approximate surface area is 85.1 Å². The first-order chi connectivity index (χ1) is 6.50. The Bertz CT molecular complexity index is 374. The summed E-state index contributed by atoms with van der Waals surface area (Å²) in [5, 5.41) is 3.25. The van der Waals surface area contributed by atoms with E-state index in [2.05, 4.69) is 43.7 Å². The van der Waals surface area contributed by atoms with Crippen LogP contribution in [0, 0.1) is 5.41 Å². The van der Waals surface area contributed by atoms with Crippen molar-refractivity contribution in [1.82, 2.24) is 4.98 Å². The van der Waals surface area contributed by atoms with E-state index in [0.29, 0.717) is 5.92 Å².